The molecule has 1 heterocycles. The summed E-state index contributed by atoms with van der Waals surface area (Å²) in [6, 6.07) is 5.16. The Labute approximate surface area is 116 Å². The first-order chi connectivity index (χ1) is 9.49. The fourth-order valence-corrected chi connectivity index (χ4v) is 2.52. The van der Waals surface area contributed by atoms with Gasteiger partial charge in [-0.2, -0.15) is 8.42 Å². The van der Waals surface area contributed by atoms with Crippen LogP contribution < -0.4 is 0 Å². The molecule has 0 bridgehead atoms. The highest BCUT2D eigenvalue weighted by Crippen LogP contribution is 2.13. The maximum Gasteiger partial charge on any atom is 0.264 e. The van der Waals surface area contributed by atoms with E-state index in [1.165, 1.54) is 0 Å². The van der Waals surface area contributed by atoms with Crippen molar-refractivity contribution in [2.45, 2.75) is 25.8 Å². The van der Waals surface area contributed by atoms with Crippen molar-refractivity contribution in [3.8, 4) is 0 Å². The molecule has 0 unspecified atom stereocenters. The molecule has 1 aromatic carbocycles. The third kappa shape index (κ3) is 3.84. The molecule has 0 aliphatic carbocycles. The molecule has 0 aliphatic rings. The van der Waals surface area contributed by atoms with E-state index in [-0.39, 0.29) is 5.75 Å². The van der Waals surface area contributed by atoms with Crippen LogP contribution in [0, 0.1) is 0 Å². The number of aromatic nitrogens is 3. The maximum absolute atomic E-state index is 10.7. The third-order valence-corrected chi connectivity index (χ3v) is 3.75. The molecule has 0 spiro atoms. The molecular formula is C12H15N3O4S. The van der Waals surface area contributed by atoms with Gasteiger partial charge in [-0.15, -0.1) is 5.10 Å². The van der Waals surface area contributed by atoms with Crippen LogP contribution in [0.4, 0.5) is 0 Å². The fraction of sp³-hybridized carbons (Fsp3) is 0.417. The summed E-state index contributed by atoms with van der Waals surface area (Å²) in [6.07, 6.45) is 2.59. The molecule has 2 aromatic rings. The minimum Gasteiger partial charge on any atom is -0.298 e. The Hall–Kier alpha value is -1.80. The Bertz CT molecular complexity index is 709. The van der Waals surface area contributed by atoms with Crippen molar-refractivity contribution in [2.24, 2.45) is 0 Å². The first kappa shape index (κ1) is 14.6. The van der Waals surface area contributed by atoms with Gasteiger partial charge in [-0.25, -0.2) is 4.68 Å². The lowest BCUT2D eigenvalue weighted by Gasteiger charge is -2.02. The Kier molecular flexibility index (Phi) is 4.46. The van der Waals surface area contributed by atoms with Crippen molar-refractivity contribution < 1.29 is 17.8 Å². The number of hydrogen-bond acceptors (Lipinski definition) is 5. The molecule has 0 atom stereocenters. The topological polar surface area (TPSA) is 102 Å². The Morgan fingerprint density at radius 3 is 2.75 bits per heavy atom. The molecular weight excluding hydrogens is 282 g/mol. The van der Waals surface area contributed by atoms with E-state index < -0.39 is 10.1 Å². The minimum absolute atomic E-state index is 0.214. The quantitative estimate of drug-likeness (QED) is 0.469. The molecule has 0 saturated heterocycles. The van der Waals surface area contributed by atoms with Gasteiger partial charge in [-0.05, 0) is 31.0 Å². The zero-order chi connectivity index (χ0) is 14.6. The van der Waals surface area contributed by atoms with Gasteiger partial charge in [0.15, 0.2) is 0 Å². The summed E-state index contributed by atoms with van der Waals surface area (Å²) in [5.41, 5.74) is 2.05. The van der Waals surface area contributed by atoms with Crippen molar-refractivity contribution in [2.75, 3.05) is 5.75 Å². The second-order valence-electron chi connectivity index (χ2n) is 4.53. The van der Waals surface area contributed by atoms with E-state index in [1.807, 2.05) is 0 Å². The number of carbonyl (C=O) groups is 1. The molecule has 0 fully saturated rings. The molecule has 2 rings (SSSR count). The van der Waals surface area contributed by atoms with Crippen LogP contribution in [0.1, 0.15) is 29.6 Å². The van der Waals surface area contributed by atoms with Gasteiger partial charge in [0.1, 0.15) is 11.8 Å². The lowest BCUT2D eigenvalue weighted by molar-refractivity contribution is 0.112. The first-order valence-corrected chi connectivity index (χ1v) is 7.84. The SMILES string of the molecule is O=Cc1ccc2c(c1)nnn2CCCCCS(=O)(=O)O. The number of unbranched alkanes of at least 4 members (excludes halogenated alkanes) is 2. The molecule has 20 heavy (non-hydrogen) atoms. The number of benzene rings is 1. The highest BCUT2D eigenvalue weighted by molar-refractivity contribution is 7.85. The Morgan fingerprint density at radius 1 is 1.25 bits per heavy atom. The molecule has 0 amide bonds. The summed E-state index contributed by atoms with van der Waals surface area (Å²) in [5.74, 6) is -0.214. The van der Waals surface area contributed by atoms with E-state index in [4.69, 9.17) is 4.55 Å². The van der Waals surface area contributed by atoms with Crippen molar-refractivity contribution in [3.63, 3.8) is 0 Å². The summed E-state index contributed by atoms with van der Waals surface area (Å²) < 4.78 is 31.4. The average molecular weight is 297 g/mol. The number of fused-ring (bicyclic) bond motifs is 1. The summed E-state index contributed by atoms with van der Waals surface area (Å²) in [5, 5.41) is 7.98. The van der Waals surface area contributed by atoms with Crippen molar-refractivity contribution in [1.82, 2.24) is 15.0 Å². The second-order valence-corrected chi connectivity index (χ2v) is 6.10. The normalized spacial score (nSPS) is 11.8. The van der Waals surface area contributed by atoms with Gasteiger partial charge in [-0.1, -0.05) is 11.6 Å². The largest absolute Gasteiger partial charge is 0.298 e. The monoisotopic (exact) mass is 297 g/mol. The number of nitrogens with zero attached hydrogens (tertiary/aromatic N) is 3. The van der Waals surface area contributed by atoms with Crippen LogP contribution in [-0.2, 0) is 16.7 Å². The number of aldehydes is 1. The van der Waals surface area contributed by atoms with Gasteiger partial charge in [0, 0.05) is 12.1 Å². The van der Waals surface area contributed by atoms with Crippen LogP contribution in [0.15, 0.2) is 18.2 Å². The van der Waals surface area contributed by atoms with Gasteiger partial charge in [0.25, 0.3) is 10.1 Å². The summed E-state index contributed by atoms with van der Waals surface area (Å²) in [7, 11) is -3.87. The number of carbonyl (C=O) groups excluding carboxylic acids is 1. The van der Waals surface area contributed by atoms with Gasteiger partial charge >= 0.3 is 0 Å². The molecule has 0 saturated carbocycles. The van der Waals surface area contributed by atoms with E-state index in [1.54, 1.807) is 22.9 Å². The number of hydrogen-bond donors (Lipinski definition) is 1. The molecule has 7 nitrogen and oxygen atoms in total. The highest BCUT2D eigenvalue weighted by atomic mass is 32.2. The molecule has 8 heteroatoms. The lowest BCUT2D eigenvalue weighted by atomic mass is 10.2. The van der Waals surface area contributed by atoms with Crippen LogP contribution in [0.2, 0.25) is 0 Å². The highest BCUT2D eigenvalue weighted by Gasteiger charge is 2.06. The summed E-state index contributed by atoms with van der Waals surface area (Å²) >= 11 is 0. The predicted octanol–water partition coefficient (Wildman–Crippen LogP) is 1.30. The van der Waals surface area contributed by atoms with Crippen LogP contribution in [0.3, 0.4) is 0 Å². The van der Waals surface area contributed by atoms with E-state index in [0.29, 0.717) is 30.5 Å². The summed E-state index contributed by atoms with van der Waals surface area (Å²) in [6.45, 7) is 0.614. The lowest BCUT2D eigenvalue weighted by Crippen LogP contribution is -2.05. The van der Waals surface area contributed by atoms with Crippen molar-refractivity contribution in [3.05, 3.63) is 23.8 Å². The Balaban J connectivity index is 1.92. The first-order valence-electron chi connectivity index (χ1n) is 6.23. The third-order valence-electron chi connectivity index (χ3n) is 2.95. The average Bonchev–Trinajstić information content (AvgIpc) is 2.79. The molecule has 1 aromatic heterocycles. The minimum atomic E-state index is -3.87. The van der Waals surface area contributed by atoms with Gasteiger partial charge in [0.05, 0.1) is 11.3 Å². The molecule has 0 aliphatic heterocycles. The number of aryl methyl sites for hydroxylation is 1. The second kappa shape index (κ2) is 6.10. The van der Waals surface area contributed by atoms with E-state index in [0.717, 1.165) is 18.2 Å². The fourth-order valence-electron chi connectivity index (χ4n) is 1.95. The summed E-state index contributed by atoms with van der Waals surface area (Å²) in [4.78, 5) is 10.7. The van der Waals surface area contributed by atoms with E-state index >= 15 is 0 Å². The van der Waals surface area contributed by atoms with Crippen molar-refractivity contribution >= 4 is 27.4 Å². The van der Waals surface area contributed by atoms with Crippen LogP contribution in [0.5, 0.6) is 0 Å². The van der Waals surface area contributed by atoms with Gasteiger partial charge in [-0.3, -0.25) is 9.35 Å². The van der Waals surface area contributed by atoms with Gasteiger partial charge in [0.2, 0.25) is 0 Å². The van der Waals surface area contributed by atoms with Crippen LogP contribution in [-0.4, -0.2) is 40.0 Å². The predicted molar refractivity (Wildman–Crippen MR) is 73.2 cm³/mol. The molecule has 1 N–H and O–H groups in total. The van der Waals surface area contributed by atoms with E-state index in [2.05, 4.69) is 10.3 Å². The molecule has 108 valence electrons. The van der Waals surface area contributed by atoms with Crippen LogP contribution >= 0.6 is 0 Å². The van der Waals surface area contributed by atoms with E-state index in [9.17, 15) is 13.2 Å². The maximum atomic E-state index is 10.7. The number of rotatable bonds is 7. The standard InChI is InChI=1S/C12H15N3O4S/c16-9-10-4-5-12-11(8-10)13-14-15(12)6-2-1-3-7-20(17,18)19/h4-5,8-9H,1-3,6-7H2,(H,17,18,19). The van der Waals surface area contributed by atoms with Crippen LogP contribution in [0.25, 0.3) is 11.0 Å². The smallest absolute Gasteiger partial charge is 0.264 e. The van der Waals surface area contributed by atoms with Gasteiger partial charge < -0.3 is 0 Å². The molecule has 0 radical (unpaired) electrons. The van der Waals surface area contributed by atoms with Crippen molar-refractivity contribution in [1.29, 1.82) is 0 Å². The zero-order valence-electron chi connectivity index (χ0n) is 10.8. The Morgan fingerprint density at radius 2 is 2.05 bits per heavy atom. The zero-order valence-corrected chi connectivity index (χ0v) is 11.6.